The molecular weight excluding hydrogens is 293 g/mol. The molecule has 21 heavy (non-hydrogen) atoms. The number of carbonyl (C=O) groups excluding carboxylic acids is 1. The highest BCUT2D eigenvalue weighted by Gasteiger charge is 2.14. The van der Waals surface area contributed by atoms with E-state index >= 15 is 0 Å². The number of hydrogen-bond donors (Lipinski definition) is 0. The SMILES string of the molecule is CC(C)Cn1ncnc1CC(=O)Cc1cccc(Cl)c1F. The second-order valence-corrected chi connectivity index (χ2v) is 5.76. The predicted octanol–water partition coefficient (Wildman–Crippen LogP) is 3.08. The highest BCUT2D eigenvalue weighted by atomic mass is 35.5. The molecule has 0 bridgehead atoms. The Balaban J connectivity index is 2.05. The van der Waals surface area contributed by atoms with Gasteiger partial charge in [-0.15, -0.1) is 0 Å². The van der Waals surface area contributed by atoms with Crippen LogP contribution in [-0.4, -0.2) is 20.5 Å². The summed E-state index contributed by atoms with van der Waals surface area (Å²) in [6.07, 6.45) is 1.57. The summed E-state index contributed by atoms with van der Waals surface area (Å²) in [5.41, 5.74) is 0.308. The van der Waals surface area contributed by atoms with Gasteiger partial charge in [-0.25, -0.2) is 14.1 Å². The molecule has 1 heterocycles. The average Bonchev–Trinajstić information content (AvgIpc) is 2.81. The van der Waals surface area contributed by atoms with Crippen molar-refractivity contribution in [3.05, 3.63) is 46.8 Å². The van der Waals surface area contributed by atoms with Crippen LogP contribution in [0.4, 0.5) is 4.39 Å². The Hall–Kier alpha value is -1.75. The molecule has 0 fully saturated rings. The van der Waals surface area contributed by atoms with E-state index in [4.69, 9.17) is 11.6 Å². The van der Waals surface area contributed by atoms with Gasteiger partial charge in [0.1, 0.15) is 23.8 Å². The number of ketones is 1. The van der Waals surface area contributed by atoms with Crippen LogP contribution in [0.3, 0.4) is 0 Å². The Bertz CT molecular complexity index is 640. The Labute approximate surface area is 128 Å². The topological polar surface area (TPSA) is 47.8 Å². The summed E-state index contributed by atoms with van der Waals surface area (Å²) in [6.45, 7) is 4.83. The van der Waals surface area contributed by atoms with Crippen LogP contribution < -0.4 is 0 Å². The van der Waals surface area contributed by atoms with Gasteiger partial charge in [-0.2, -0.15) is 5.10 Å². The summed E-state index contributed by atoms with van der Waals surface area (Å²) in [7, 11) is 0. The third-order valence-corrected chi connectivity index (χ3v) is 3.30. The van der Waals surface area contributed by atoms with Crippen LogP contribution in [0.2, 0.25) is 5.02 Å². The molecule has 0 radical (unpaired) electrons. The Kier molecular flexibility index (Phi) is 5.07. The molecule has 0 aliphatic heterocycles. The third kappa shape index (κ3) is 4.11. The van der Waals surface area contributed by atoms with Crippen LogP contribution >= 0.6 is 11.6 Å². The maximum atomic E-state index is 13.8. The standard InChI is InChI=1S/C15H17ClFN3O/c1-10(2)8-20-14(18-9-19-20)7-12(21)6-11-4-3-5-13(16)15(11)17/h3-5,9-10H,6-8H2,1-2H3. The molecule has 1 aromatic carbocycles. The lowest BCUT2D eigenvalue weighted by Crippen LogP contribution is -2.15. The van der Waals surface area contributed by atoms with E-state index in [-0.39, 0.29) is 23.6 Å². The molecule has 0 aliphatic carbocycles. The fraction of sp³-hybridized carbons (Fsp3) is 0.400. The minimum absolute atomic E-state index is 0.000925. The van der Waals surface area contributed by atoms with E-state index in [1.807, 2.05) is 0 Å². The van der Waals surface area contributed by atoms with Gasteiger partial charge in [0.15, 0.2) is 0 Å². The van der Waals surface area contributed by atoms with Crippen LogP contribution in [-0.2, 0) is 24.2 Å². The van der Waals surface area contributed by atoms with Crippen molar-refractivity contribution in [1.82, 2.24) is 14.8 Å². The number of benzene rings is 1. The lowest BCUT2D eigenvalue weighted by molar-refractivity contribution is -0.118. The van der Waals surface area contributed by atoms with Crippen molar-refractivity contribution in [2.24, 2.45) is 5.92 Å². The van der Waals surface area contributed by atoms with Crippen LogP contribution in [0.1, 0.15) is 25.2 Å². The van der Waals surface area contributed by atoms with Crippen LogP contribution in [0, 0.1) is 11.7 Å². The quantitative estimate of drug-likeness (QED) is 0.824. The first-order valence-electron chi connectivity index (χ1n) is 6.78. The zero-order valence-electron chi connectivity index (χ0n) is 12.0. The Morgan fingerprint density at radius 2 is 2.14 bits per heavy atom. The number of rotatable bonds is 6. The molecule has 0 saturated carbocycles. The van der Waals surface area contributed by atoms with Gasteiger partial charge < -0.3 is 0 Å². The van der Waals surface area contributed by atoms with E-state index in [1.54, 1.807) is 16.8 Å². The van der Waals surface area contributed by atoms with Crippen molar-refractivity contribution in [1.29, 1.82) is 0 Å². The van der Waals surface area contributed by atoms with Gasteiger partial charge in [0, 0.05) is 13.0 Å². The maximum absolute atomic E-state index is 13.8. The van der Waals surface area contributed by atoms with Gasteiger partial charge in [0.05, 0.1) is 11.4 Å². The van der Waals surface area contributed by atoms with E-state index in [1.165, 1.54) is 12.4 Å². The van der Waals surface area contributed by atoms with Crippen molar-refractivity contribution in [2.75, 3.05) is 0 Å². The second-order valence-electron chi connectivity index (χ2n) is 5.36. The molecule has 0 amide bonds. The van der Waals surface area contributed by atoms with Crippen molar-refractivity contribution in [3.63, 3.8) is 0 Å². The lowest BCUT2D eigenvalue weighted by atomic mass is 10.1. The van der Waals surface area contributed by atoms with E-state index in [0.717, 1.165) is 0 Å². The average molecular weight is 310 g/mol. The minimum atomic E-state index is -0.531. The molecule has 0 spiro atoms. The van der Waals surface area contributed by atoms with E-state index in [0.29, 0.717) is 23.9 Å². The highest BCUT2D eigenvalue weighted by Crippen LogP contribution is 2.18. The number of carbonyl (C=O) groups is 1. The summed E-state index contributed by atoms with van der Waals surface area (Å²) in [6, 6.07) is 4.66. The molecule has 0 aliphatic rings. The molecule has 0 N–H and O–H groups in total. The van der Waals surface area contributed by atoms with E-state index in [9.17, 15) is 9.18 Å². The first kappa shape index (κ1) is 15.6. The molecule has 0 atom stereocenters. The number of Topliss-reactive ketones (excluding diaryl/α,β-unsaturated/α-hetero) is 1. The molecule has 6 heteroatoms. The summed E-state index contributed by atoms with van der Waals surface area (Å²) >= 11 is 5.71. The van der Waals surface area contributed by atoms with E-state index in [2.05, 4.69) is 23.9 Å². The summed E-state index contributed by atoms with van der Waals surface area (Å²) in [4.78, 5) is 16.2. The summed E-state index contributed by atoms with van der Waals surface area (Å²) < 4.78 is 15.5. The molecule has 112 valence electrons. The molecule has 0 unspecified atom stereocenters. The zero-order valence-corrected chi connectivity index (χ0v) is 12.8. The summed E-state index contributed by atoms with van der Waals surface area (Å²) in [5.74, 6) is 0.368. The predicted molar refractivity (Wildman–Crippen MR) is 78.7 cm³/mol. The van der Waals surface area contributed by atoms with Gasteiger partial charge in [0.25, 0.3) is 0 Å². The highest BCUT2D eigenvalue weighted by molar-refractivity contribution is 6.30. The first-order valence-corrected chi connectivity index (χ1v) is 7.16. The van der Waals surface area contributed by atoms with Gasteiger partial charge >= 0.3 is 0 Å². The first-order chi connectivity index (χ1) is 9.97. The number of aromatic nitrogens is 3. The Morgan fingerprint density at radius 3 is 2.86 bits per heavy atom. The van der Waals surface area contributed by atoms with Crippen LogP contribution in [0.5, 0.6) is 0 Å². The number of halogens is 2. The minimum Gasteiger partial charge on any atom is -0.299 e. The third-order valence-electron chi connectivity index (χ3n) is 3.01. The van der Waals surface area contributed by atoms with Crippen LogP contribution in [0.15, 0.2) is 24.5 Å². The molecular formula is C15H17ClFN3O. The van der Waals surface area contributed by atoms with Gasteiger partial charge in [-0.1, -0.05) is 37.6 Å². The largest absolute Gasteiger partial charge is 0.299 e. The number of nitrogens with zero attached hydrogens (tertiary/aromatic N) is 3. The van der Waals surface area contributed by atoms with E-state index < -0.39 is 5.82 Å². The van der Waals surface area contributed by atoms with Crippen molar-refractivity contribution < 1.29 is 9.18 Å². The van der Waals surface area contributed by atoms with Crippen molar-refractivity contribution in [2.45, 2.75) is 33.2 Å². The van der Waals surface area contributed by atoms with Gasteiger partial charge in [-0.05, 0) is 17.5 Å². The Morgan fingerprint density at radius 1 is 1.38 bits per heavy atom. The lowest BCUT2D eigenvalue weighted by Gasteiger charge is -2.08. The fourth-order valence-electron chi connectivity index (χ4n) is 2.06. The number of hydrogen-bond acceptors (Lipinski definition) is 3. The molecule has 2 aromatic rings. The summed E-state index contributed by atoms with van der Waals surface area (Å²) in [5, 5.41) is 4.14. The van der Waals surface area contributed by atoms with Gasteiger partial charge in [-0.3, -0.25) is 4.79 Å². The molecule has 4 nitrogen and oxygen atoms in total. The van der Waals surface area contributed by atoms with Gasteiger partial charge in [0.2, 0.25) is 0 Å². The molecule has 1 aromatic heterocycles. The van der Waals surface area contributed by atoms with Crippen LogP contribution in [0.25, 0.3) is 0 Å². The normalized spacial score (nSPS) is 11.1. The van der Waals surface area contributed by atoms with Crippen molar-refractivity contribution >= 4 is 17.4 Å². The molecule has 0 saturated heterocycles. The smallest absolute Gasteiger partial charge is 0.145 e. The fourth-order valence-corrected chi connectivity index (χ4v) is 2.25. The van der Waals surface area contributed by atoms with Crippen molar-refractivity contribution in [3.8, 4) is 0 Å². The second kappa shape index (κ2) is 6.80. The maximum Gasteiger partial charge on any atom is 0.145 e. The zero-order chi connectivity index (χ0) is 15.4. The monoisotopic (exact) mass is 309 g/mol. The molecule has 2 rings (SSSR count).